The van der Waals surface area contributed by atoms with Crippen LogP contribution >= 0.6 is 11.6 Å². The molecule has 0 unspecified atom stereocenters. The van der Waals surface area contributed by atoms with Gasteiger partial charge in [-0.25, -0.2) is 0 Å². The second kappa shape index (κ2) is 7.52. The quantitative estimate of drug-likeness (QED) is 0.699. The van der Waals surface area contributed by atoms with Gasteiger partial charge in [0.15, 0.2) is 0 Å². The van der Waals surface area contributed by atoms with Crippen LogP contribution in [-0.2, 0) is 4.74 Å². The number of nitrogens with one attached hydrogen (secondary N) is 1. The fourth-order valence-electron chi connectivity index (χ4n) is 2.23. The largest absolute Gasteiger partial charge is 0.381 e. The lowest BCUT2D eigenvalue weighted by molar-refractivity contribution is 0.0653. The number of hydrogen-bond donors (Lipinski definition) is 1. The van der Waals surface area contributed by atoms with Gasteiger partial charge in [0.05, 0.1) is 0 Å². The van der Waals surface area contributed by atoms with Crippen LogP contribution in [0.3, 0.4) is 0 Å². The minimum atomic E-state index is 0.298. The summed E-state index contributed by atoms with van der Waals surface area (Å²) in [5, 5.41) is 3.61. The highest BCUT2D eigenvalue weighted by atomic mass is 35.5. The molecule has 0 aromatic carbocycles. The van der Waals surface area contributed by atoms with Crippen molar-refractivity contribution in [3.63, 3.8) is 0 Å². The van der Waals surface area contributed by atoms with Crippen molar-refractivity contribution in [1.82, 2.24) is 5.32 Å². The molecule has 1 N–H and O–H groups in total. The Kier molecular flexibility index (Phi) is 6.71. The maximum absolute atomic E-state index is 6.09. The maximum atomic E-state index is 6.09. The van der Waals surface area contributed by atoms with Gasteiger partial charge in [-0.3, -0.25) is 0 Å². The molecule has 0 aliphatic carbocycles. The van der Waals surface area contributed by atoms with E-state index < -0.39 is 0 Å². The lowest BCUT2D eigenvalue weighted by Crippen LogP contribution is -2.38. The van der Waals surface area contributed by atoms with Gasteiger partial charge in [-0.15, -0.1) is 11.6 Å². The van der Waals surface area contributed by atoms with Crippen LogP contribution in [0.2, 0.25) is 0 Å². The van der Waals surface area contributed by atoms with Crippen LogP contribution < -0.4 is 5.32 Å². The van der Waals surface area contributed by atoms with Gasteiger partial charge < -0.3 is 10.1 Å². The number of hydrogen-bond acceptors (Lipinski definition) is 2. The predicted octanol–water partition coefficient (Wildman–Crippen LogP) is 3.05. The topological polar surface area (TPSA) is 21.3 Å². The Labute approximate surface area is 105 Å². The zero-order valence-electron chi connectivity index (χ0n) is 10.7. The molecule has 0 atom stereocenters. The Hall–Kier alpha value is 0.210. The van der Waals surface area contributed by atoms with E-state index in [1.807, 2.05) is 0 Å². The van der Waals surface area contributed by atoms with E-state index in [0.29, 0.717) is 5.41 Å². The number of ether oxygens (including phenoxy) is 1. The number of alkyl halides is 1. The zero-order valence-corrected chi connectivity index (χ0v) is 11.5. The summed E-state index contributed by atoms with van der Waals surface area (Å²) in [4.78, 5) is 0. The van der Waals surface area contributed by atoms with E-state index in [-0.39, 0.29) is 0 Å². The Balaban J connectivity index is 2.21. The molecule has 16 heavy (non-hydrogen) atoms. The van der Waals surface area contributed by atoms with E-state index in [1.165, 1.54) is 12.8 Å². The van der Waals surface area contributed by atoms with Crippen LogP contribution in [0.4, 0.5) is 0 Å². The van der Waals surface area contributed by atoms with E-state index >= 15 is 0 Å². The van der Waals surface area contributed by atoms with Crippen LogP contribution in [0.25, 0.3) is 0 Å². The smallest absolute Gasteiger partial charge is 0.0469 e. The first-order valence-corrected chi connectivity index (χ1v) is 7.14. The molecule has 0 radical (unpaired) electrons. The first-order chi connectivity index (χ1) is 7.76. The molecule has 1 fully saturated rings. The molecule has 1 aliphatic rings. The van der Waals surface area contributed by atoms with Crippen molar-refractivity contribution < 1.29 is 4.74 Å². The highest BCUT2D eigenvalue weighted by Gasteiger charge is 2.25. The highest BCUT2D eigenvalue weighted by Crippen LogP contribution is 2.27. The first-order valence-electron chi connectivity index (χ1n) is 6.60. The Bertz CT molecular complexity index is 169. The van der Waals surface area contributed by atoms with E-state index in [9.17, 15) is 0 Å². The molecule has 0 spiro atoms. The second-order valence-corrected chi connectivity index (χ2v) is 5.29. The van der Waals surface area contributed by atoms with Crippen molar-refractivity contribution in [2.45, 2.75) is 39.5 Å². The first kappa shape index (κ1) is 14.3. The summed E-state index contributed by atoms with van der Waals surface area (Å²) in [7, 11) is 0. The zero-order chi connectivity index (χ0) is 11.9. The molecule has 96 valence electrons. The average molecular weight is 248 g/mol. The van der Waals surface area contributed by atoms with Crippen molar-refractivity contribution >= 4 is 11.6 Å². The van der Waals surface area contributed by atoms with Gasteiger partial charge in [-0.2, -0.15) is 0 Å². The van der Waals surface area contributed by atoms with Crippen LogP contribution in [0, 0.1) is 11.3 Å². The lowest BCUT2D eigenvalue weighted by Gasteiger charge is -2.31. The lowest BCUT2D eigenvalue weighted by atomic mass is 9.84. The van der Waals surface area contributed by atoms with Gasteiger partial charge in [0.1, 0.15) is 0 Å². The molecule has 1 saturated heterocycles. The van der Waals surface area contributed by atoms with Crippen molar-refractivity contribution in [3.8, 4) is 0 Å². The third-order valence-electron chi connectivity index (χ3n) is 4.06. The SMILES string of the molecule is CCC(CC)(CCl)CNCC1CCOCC1. The Morgan fingerprint density at radius 3 is 2.38 bits per heavy atom. The number of rotatable bonds is 7. The van der Waals surface area contributed by atoms with E-state index in [0.717, 1.165) is 50.9 Å². The van der Waals surface area contributed by atoms with Crippen molar-refractivity contribution in [2.75, 3.05) is 32.2 Å². The molecular formula is C13H26ClNO. The monoisotopic (exact) mass is 247 g/mol. The van der Waals surface area contributed by atoms with Crippen LogP contribution in [0.15, 0.2) is 0 Å². The fourth-order valence-corrected chi connectivity index (χ4v) is 2.70. The summed E-state index contributed by atoms with van der Waals surface area (Å²) in [6.45, 7) is 8.54. The Morgan fingerprint density at radius 1 is 1.25 bits per heavy atom. The predicted molar refractivity (Wildman–Crippen MR) is 70.1 cm³/mol. The summed E-state index contributed by atoms with van der Waals surface area (Å²) in [6, 6.07) is 0. The van der Waals surface area contributed by atoms with Gasteiger partial charge >= 0.3 is 0 Å². The van der Waals surface area contributed by atoms with Gasteiger partial charge in [0.2, 0.25) is 0 Å². The van der Waals surface area contributed by atoms with Crippen molar-refractivity contribution in [2.24, 2.45) is 11.3 Å². The molecule has 0 aromatic heterocycles. The molecule has 0 amide bonds. The molecule has 0 aromatic rings. The normalized spacial score (nSPS) is 18.9. The van der Waals surface area contributed by atoms with E-state index in [2.05, 4.69) is 19.2 Å². The van der Waals surface area contributed by atoms with Crippen LogP contribution in [0.1, 0.15) is 39.5 Å². The third kappa shape index (κ3) is 4.23. The summed E-state index contributed by atoms with van der Waals surface area (Å²) in [5.74, 6) is 1.57. The standard InChI is InChI=1S/C13H26ClNO/c1-3-13(4-2,10-14)11-15-9-12-5-7-16-8-6-12/h12,15H,3-11H2,1-2H3. The minimum Gasteiger partial charge on any atom is -0.381 e. The summed E-state index contributed by atoms with van der Waals surface area (Å²) >= 11 is 6.09. The average Bonchev–Trinajstić information content (AvgIpc) is 2.37. The Morgan fingerprint density at radius 2 is 1.88 bits per heavy atom. The van der Waals surface area contributed by atoms with E-state index in [1.54, 1.807) is 0 Å². The van der Waals surface area contributed by atoms with Gasteiger partial charge in [0.25, 0.3) is 0 Å². The van der Waals surface area contributed by atoms with Crippen LogP contribution in [-0.4, -0.2) is 32.2 Å². The summed E-state index contributed by atoms with van der Waals surface area (Å²) in [6.07, 6.45) is 4.74. The van der Waals surface area contributed by atoms with E-state index in [4.69, 9.17) is 16.3 Å². The van der Waals surface area contributed by atoms with Crippen molar-refractivity contribution in [1.29, 1.82) is 0 Å². The van der Waals surface area contributed by atoms with Gasteiger partial charge in [0, 0.05) is 25.6 Å². The maximum Gasteiger partial charge on any atom is 0.0469 e. The minimum absolute atomic E-state index is 0.298. The highest BCUT2D eigenvalue weighted by molar-refractivity contribution is 6.18. The molecule has 1 rings (SSSR count). The van der Waals surface area contributed by atoms with Crippen molar-refractivity contribution in [3.05, 3.63) is 0 Å². The fraction of sp³-hybridized carbons (Fsp3) is 1.00. The molecule has 3 heteroatoms. The summed E-state index contributed by atoms with van der Waals surface area (Å²) < 4.78 is 5.36. The molecular weight excluding hydrogens is 222 g/mol. The van der Waals surface area contributed by atoms with Gasteiger partial charge in [-0.05, 0) is 43.6 Å². The molecule has 2 nitrogen and oxygen atoms in total. The molecule has 0 bridgehead atoms. The van der Waals surface area contributed by atoms with Crippen LogP contribution in [0.5, 0.6) is 0 Å². The second-order valence-electron chi connectivity index (χ2n) is 5.03. The van der Waals surface area contributed by atoms with Gasteiger partial charge in [-0.1, -0.05) is 13.8 Å². The molecule has 1 heterocycles. The third-order valence-corrected chi connectivity index (χ3v) is 4.62. The summed E-state index contributed by atoms with van der Waals surface area (Å²) in [5.41, 5.74) is 0.298. The molecule has 1 aliphatic heterocycles. The molecule has 0 saturated carbocycles. The number of halogens is 1.